The summed E-state index contributed by atoms with van der Waals surface area (Å²) in [5, 5.41) is 9.35. The molecule has 5 nitrogen and oxygen atoms in total. The van der Waals surface area contributed by atoms with Crippen LogP contribution < -0.4 is 0 Å². The fourth-order valence-corrected chi connectivity index (χ4v) is 3.17. The Labute approximate surface area is 120 Å². The van der Waals surface area contributed by atoms with E-state index in [4.69, 9.17) is 0 Å². The van der Waals surface area contributed by atoms with Gasteiger partial charge in [-0.25, -0.2) is 4.98 Å². The molecule has 1 aromatic rings. The Kier molecular flexibility index (Phi) is 5.17. The summed E-state index contributed by atoms with van der Waals surface area (Å²) < 4.78 is 2.17. The van der Waals surface area contributed by atoms with E-state index in [-0.39, 0.29) is 11.8 Å². The summed E-state index contributed by atoms with van der Waals surface area (Å²) in [6.07, 6.45) is 6.97. The van der Waals surface area contributed by atoms with Crippen LogP contribution in [0.1, 0.15) is 38.9 Å². The van der Waals surface area contributed by atoms with Crippen molar-refractivity contribution in [1.82, 2.24) is 14.5 Å². The lowest BCUT2D eigenvalue weighted by molar-refractivity contribution is -0.142. The quantitative estimate of drug-likeness (QED) is 0.831. The predicted molar refractivity (Wildman–Crippen MR) is 77.3 cm³/mol. The maximum absolute atomic E-state index is 11.4. The molecule has 0 aromatic carbocycles. The summed E-state index contributed by atoms with van der Waals surface area (Å²) in [5.41, 5.74) is 0. The Morgan fingerprint density at radius 3 is 2.85 bits per heavy atom. The lowest BCUT2D eigenvalue weighted by atomic mass is 9.92. The van der Waals surface area contributed by atoms with Crippen LogP contribution in [0.15, 0.2) is 12.4 Å². The molecule has 0 radical (unpaired) electrons. The standard InChI is InChI=1S/C15H25N3O2/c1-3-5-12-9-17(10-13(12)15(19)20)11-14-16-6-8-18(14)7-4-2/h6,8,12-13H,3-5,7,9-11H2,1-2H3,(H,19,20)/t12-,13-/m1/s1. The Balaban J connectivity index is 2.00. The van der Waals surface area contributed by atoms with Crippen molar-refractivity contribution < 1.29 is 9.90 Å². The van der Waals surface area contributed by atoms with Crippen molar-refractivity contribution in [2.24, 2.45) is 11.8 Å². The maximum atomic E-state index is 11.4. The summed E-state index contributed by atoms with van der Waals surface area (Å²) in [5.74, 6) is 0.465. The van der Waals surface area contributed by atoms with Gasteiger partial charge in [0.2, 0.25) is 0 Å². The zero-order valence-electron chi connectivity index (χ0n) is 12.5. The van der Waals surface area contributed by atoms with Crippen molar-refractivity contribution in [1.29, 1.82) is 0 Å². The number of rotatable bonds is 7. The maximum Gasteiger partial charge on any atom is 0.308 e. The van der Waals surface area contributed by atoms with E-state index < -0.39 is 5.97 Å². The van der Waals surface area contributed by atoms with Gasteiger partial charge in [-0.2, -0.15) is 0 Å². The van der Waals surface area contributed by atoms with Gasteiger partial charge in [0.1, 0.15) is 5.82 Å². The highest BCUT2D eigenvalue weighted by molar-refractivity contribution is 5.71. The van der Waals surface area contributed by atoms with Crippen molar-refractivity contribution >= 4 is 5.97 Å². The predicted octanol–water partition coefficient (Wildman–Crippen LogP) is 2.23. The van der Waals surface area contributed by atoms with Crippen LogP contribution in [0.5, 0.6) is 0 Å². The molecule has 2 rings (SSSR count). The third-order valence-electron chi connectivity index (χ3n) is 4.12. The largest absolute Gasteiger partial charge is 0.481 e. The van der Waals surface area contributed by atoms with E-state index in [0.29, 0.717) is 6.54 Å². The minimum Gasteiger partial charge on any atom is -0.481 e. The first kappa shape index (κ1) is 15.0. The fourth-order valence-electron chi connectivity index (χ4n) is 3.17. The van der Waals surface area contributed by atoms with E-state index in [2.05, 4.69) is 28.3 Å². The Morgan fingerprint density at radius 1 is 1.40 bits per heavy atom. The molecule has 20 heavy (non-hydrogen) atoms. The fraction of sp³-hybridized carbons (Fsp3) is 0.733. The third kappa shape index (κ3) is 3.39. The minimum absolute atomic E-state index is 0.218. The molecule has 0 saturated carbocycles. The second kappa shape index (κ2) is 6.88. The van der Waals surface area contributed by atoms with Crippen molar-refractivity contribution in [3.63, 3.8) is 0 Å². The molecule has 2 heterocycles. The van der Waals surface area contributed by atoms with Crippen LogP contribution in [0.2, 0.25) is 0 Å². The highest BCUT2D eigenvalue weighted by Crippen LogP contribution is 2.28. The number of imidazole rings is 1. The molecule has 112 valence electrons. The van der Waals surface area contributed by atoms with Crippen LogP contribution in [-0.2, 0) is 17.9 Å². The van der Waals surface area contributed by atoms with Gasteiger partial charge in [-0.3, -0.25) is 9.69 Å². The van der Waals surface area contributed by atoms with E-state index in [0.717, 1.165) is 44.7 Å². The van der Waals surface area contributed by atoms with Gasteiger partial charge in [0.25, 0.3) is 0 Å². The second-order valence-electron chi connectivity index (χ2n) is 5.72. The van der Waals surface area contributed by atoms with Crippen molar-refractivity contribution in [2.75, 3.05) is 13.1 Å². The molecule has 1 aliphatic rings. The van der Waals surface area contributed by atoms with Gasteiger partial charge in [0, 0.05) is 32.0 Å². The Hall–Kier alpha value is -1.36. The molecular weight excluding hydrogens is 254 g/mol. The first-order chi connectivity index (χ1) is 9.65. The normalized spacial score (nSPS) is 23.3. The van der Waals surface area contributed by atoms with Crippen molar-refractivity contribution in [3.05, 3.63) is 18.2 Å². The minimum atomic E-state index is -0.650. The van der Waals surface area contributed by atoms with E-state index in [1.807, 2.05) is 12.4 Å². The van der Waals surface area contributed by atoms with Crippen LogP contribution in [0.25, 0.3) is 0 Å². The molecule has 1 N–H and O–H groups in total. The molecular formula is C15H25N3O2. The van der Waals surface area contributed by atoms with Gasteiger partial charge >= 0.3 is 5.97 Å². The van der Waals surface area contributed by atoms with Crippen molar-refractivity contribution in [3.8, 4) is 0 Å². The van der Waals surface area contributed by atoms with Gasteiger partial charge in [-0.15, -0.1) is 0 Å². The average molecular weight is 279 g/mol. The number of carboxylic acid groups (broad SMARTS) is 1. The van der Waals surface area contributed by atoms with Crippen LogP contribution in [0.3, 0.4) is 0 Å². The first-order valence-corrected chi connectivity index (χ1v) is 7.60. The average Bonchev–Trinajstić information content (AvgIpc) is 2.99. The summed E-state index contributed by atoms with van der Waals surface area (Å²) in [4.78, 5) is 18.0. The van der Waals surface area contributed by atoms with E-state index in [1.54, 1.807) is 0 Å². The molecule has 1 aliphatic heterocycles. The molecule has 0 unspecified atom stereocenters. The number of nitrogens with zero attached hydrogens (tertiary/aromatic N) is 3. The smallest absolute Gasteiger partial charge is 0.308 e. The molecule has 1 saturated heterocycles. The van der Waals surface area contributed by atoms with Gasteiger partial charge < -0.3 is 9.67 Å². The molecule has 0 aliphatic carbocycles. The Morgan fingerprint density at radius 2 is 2.20 bits per heavy atom. The number of hydrogen-bond acceptors (Lipinski definition) is 3. The number of carboxylic acids is 1. The number of hydrogen-bond donors (Lipinski definition) is 1. The number of aliphatic carboxylic acids is 1. The van der Waals surface area contributed by atoms with Crippen LogP contribution >= 0.6 is 0 Å². The highest BCUT2D eigenvalue weighted by Gasteiger charge is 2.37. The summed E-state index contributed by atoms with van der Waals surface area (Å²) in [6, 6.07) is 0. The SMILES string of the molecule is CCC[C@@H]1CN(Cc2nccn2CCC)C[C@H]1C(=O)O. The van der Waals surface area contributed by atoms with Gasteiger partial charge in [0.05, 0.1) is 12.5 Å². The van der Waals surface area contributed by atoms with Gasteiger partial charge in [0.15, 0.2) is 0 Å². The molecule has 0 spiro atoms. The zero-order chi connectivity index (χ0) is 14.5. The van der Waals surface area contributed by atoms with Crippen molar-refractivity contribution in [2.45, 2.75) is 46.2 Å². The van der Waals surface area contributed by atoms with Gasteiger partial charge in [-0.05, 0) is 18.8 Å². The Bertz CT molecular complexity index is 444. The highest BCUT2D eigenvalue weighted by atomic mass is 16.4. The lowest BCUT2D eigenvalue weighted by Gasteiger charge is -2.16. The van der Waals surface area contributed by atoms with E-state index >= 15 is 0 Å². The lowest BCUT2D eigenvalue weighted by Crippen LogP contribution is -2.24. The van der Waals surface area contributed by atoms with Crippen LogP contribution in [0, 0.1) is 11.8 Å². The zero-order valence-corrected chi connectivity index (χ0v) is 12.5. The molecule has 5 heteroatoms. The molecule has 1 aromatic heterocycles. The van der Waals surface area contributed by atoms with E-state index in [1.165, 1.54) is 0 Å². The number of likely N-dealkylation sites (tertiary alicyclic amines) is 1. The molecule has 0 bridgehead atoms. The van der Waals surface area contributed by atoms with Crippen LogP contribution in [-0.4, -0.2) is 38.6 Å². The number of aryl methyl sites for hydroxylation is 1. The monoisotopic (exact) mass is 279 g/mol. The topological polar surface area (TPSA) is 58.4 Å². The first-order valence-electron chi connectivity index (χ1n) is 7.60. The molecule has 2 atom stereocenters. The summed E-state index contributed by atoms with van der Waals surface area (Å²) >= 11 is 0. The van der Waals surface area contributed by atoms with E-state index in [9.17, 15) is 9.90 Å². The summed E-state index contributed by atoms with van der Waals surface area (Å²) in [6.45, 7) is 7.54. The summed E-state index contributed by atoms with van der Waals surface area (Å²) in [7, 11) is 0. The number of carbonyl (C=O) groups is 1. The van der Waals surface area contributed by atoms with Crippen LogP contribution in [0.4, 0.5) is 0 Å². The number of aromatic nitrogens is 2. The van der Waals surface area contributed by atoms with Gasteiger partial charge in [-0.1, -0.05) is 20.3 Å². The molecule has 1 fully saturated rings. The second-order valence-corrected chi connectivity index (χ2v) is 5.72. The third-order valence-corrected chi connectivity index (χ3v) is 4.12. The molecule has 0 amide bonds.